The first-order valence-electron chi connectivity index (χ1n) is 9.24. The van der Waals surface area contributed by atoms with E-state index in [-0.39, 0.29) is 11.8 Å². The second-order valence-electron chi connectivity index (χ2n) is 6.92. The number of Topliss-reactive ketones (excluding diaryl/α,β-unsaturated/α-hetero) is 1. The van der Waals surface area contributed by atoms with E-state index in [1.165, 1.54) is 5.56 Å². The van der Waals surface area contributed by atoms with Gasteiger partial charge in [-0.2, -0.15) is 5.26 Å². The number of nitriles is 1. The lowest BCUT2D eigenvalue weighted by atomic mass is 9.68. The van der Waals surface area contributed by atoms with E-state index in [2.05, 4.69) is 35.8 Å². The molecule has 2 aromatic rings. The van der Waals surface area contributed by atoms with E-state index >= 15 is 0 Å². The number of carbonyl (C=O) groups is 1. The van der Waals surface area contributed by atoms with Crippen molar-refractivity contribution >= 4 is 5.78 Å². The topological polar surface area (TPSA) is 44.1 Å². The Labute approximate surface area is 161 Å². The molecule has 27 heavy (non-hydrogen) atoms. The third-order valence-corrected chi connectivity index (χ3v) is 5.24. The van der Waals surface area contributed by atoms with Crippen LogP contribution in [-0.4, -0.2) is 23.3 Å². The van der Waals surface area contributed by atoms with E-state index in [0.717, 1.165) is 6.54 Å². The number of rotatable bonds is 7. The Morgan fingerprint density at radius 3 is 2.48 bits per heavy atom. The first-order valence-corrected chi connectivity index (χ1v) is 9.24. The molecule has 0 saturated carbocycles. The summed E-state index contributed by atoms with van der Waals surface area (Å²) in [6, 6.07) is 21.7. The minimum Gasteiger partial charge on any atom is -0.293 e. The highest BCUT2D eigenvalue weighted by Gasteiger charge is 2.46. The summed E-state index contributed by atoms with van der Waals surface area (Å²) in [7, 11) is 0. The highest BCUT2D eigenvalue weighted by molar-refractivity contribution is 6.02. The smallest absolute Gasteiger partial charge is 0.174 e. The van der Waals surface area contributed by atoms with Crippen LogP contribution in [0.3, 0.4) is 0 Å². The van der Waals surface area contributed by atoms with Gasteiger partial charge in [-0.25, -0.2) is 0 Å². The van der Waals surface area contributed by atoms with Crippen molar-refractivity contribution in [1.29, 1.82) is 5.26 Å². The minimum absolute atomic E-state index is 0.0530. The van der Waals surface area contributed by atoms with E-state index in [4.69, 9.17) is 0 Å². The summed E-state index contributed by atoms with van der Waals surface area (Å²) in [4.78, 5) is 15.8. The van der Waals surface area contributed by atoms with Gasteiger partial charge in [0.1, 0.15) is 0 Å². The average molecular weight is 356 g/mol. The second kappa shape index (κ2) is 8.62. The van der Waals surface area contributed by atoms with Crippen molar-refractivity contribution in [2.75, 3.05) is 6.54 Å². The van der Waals surface area contributed by atoms with E-state index < -0.39 is 5.41 Å². The Hall–Kier alpha value is -2.96. The lowest BCUT2D eigenvalue weighted by Gasteiger charge is -2.45. The highest BCUT2D eigenvalue weighted by atomic mass is 16.1. The summed E-state index contributed by atoms with van der Waals surface area (Å²) in [5, 5.41) is 9.52. The Kier molecular flexibility index (Phi) is 6.01. The Balaban J connectivity index is 2.01. The predicted octanol–water partition coefficient (Wildman–Crippen LogP) is 4.79. The molecule has 2 aromatic carbocycles. The molecule has 0 aromatic heterocycles. The van der Waals surface area contributed by atoms with E-state index in [1.807, 2.05) is 54.6 Å². The molecule has 1 aliphatic rings. The van der Waals surface area contributed by atoms with Crippen LogP contribution in [0.2, 0.25) is 0 Å². The molecule has 0 spiro atoms. The van der Waals surface area contributed by atoms with Gasteiger partial charge in [0.05, 0.1) is 17.9 Å². The predicted molar refractivity (Wildman–Crippen MR) is 108 cm³/mol. The minimum atomic E-state index is -0.772. The molecule has 2 atom stereocenters. The van der Waals surface area contributed by atoms with Gasteiger partial charge in [0, 0.05) is 24.7 Å². The number of ketones is 1. The van der Waals surface area contributed by atoms with Gasteiger partial charge in [-0.15, -0.1) is 6.58 Å². The van der Waals surface area contributed by atoms with Crippen LogP contribution in [0.1, 0.15) is 28.8 Å². The van der Waals surface area contributed by atoms with Crippen molar-refractivity contribution in [3.8, 4) is 6.07 Å². The van der Waals surface area contributed by atoms with Crippen molar-refractivity contribution in [2.24, 2.45) is 5.41 Å². The molecule has 1 heterocycles. The summed E-state index contributed by atoms with van der Waals surface area (Å²) in [6.07, 6.45) is 6.66. The number of hydrogen-bond acceptors (Lipinski definition) is 3. The number of hydrogen-bond donors (Lipinski definition) is 0. The third-order valence-electron chi connectivity index (χ3n) is 5.24. The first-order chi connectivity index (χ1) is 13.2. The zero-order chi connectivity index (χ0) is 19.1. The molecule has 0 unspecified atom stereocenters. The van der Waals surface area contributed by atoms with Gasteiger partial charge in [-0.3, -0.25) is 9.69 Å². The molecule has 3 heteroatoms. The van der Waals surface area contributed by atoms with Crippen LogP contribution < -0.4 is 0 Å². The number of benzene rings is 2. The standard InChI is InChI=1S/C24H24N2O/c1-2-15-24(23(27)21-12-7-4-8-13-21)16-9-18-26(22(24)14-17-25)19-20-10-5-3-6-11-20/h2-13,16,22H,1,14-15,18-19H2/t22-,24-/m0/s1. The number of allylic oxidation sites excluding steroid dienone is 1. The maximum atomic E-state index is 13.6. The van der Waals surface area contributed by atoms with Gasteiger partial charge in [-0.05, 0) is 12.0 Å². The molecule has 0 fully saturated rings. The van der Waals surface area contributed by atoms with Crippen molar-refractivity contribution in [2.45, 2.75) is 25.4 Å². The summed E-state index contributed by atoms with van der Waals surface area (Å²) >= 11 is 0. The molecular weight excluding hydrogens is 332 g/mol. The number of carbonyl (C=O) groups excluding carboxylic acids is 1. The molecule has 0 bridgehead atoms. The van der Waals surface area contributed by atoms with Gasteiger partial charge in [-0.1, -0.05) is 78.9 Å². The van der Waals surface area contributed by atoms with Crippen LogP contribution in [0.5, 0.6) is 0 Å². The molecule has 0 aliphatic carbocycles. The van der Waals surface area contributed by atoms with Gasteiger partial charge >= 0.3 is 0 Å². The monoisotopic (exact) mass is 356 g/mol. The van der Waals surface area contributed by atoms with Gasteiger partial charge < -0.3 is 0 Å². The first kappa shape index (κ1) is 18.8. The van der Waals surface area contributed by atoms with Crippen molar-refractivity contribution in [3.05, 3.63) is 96.6 Å². The average Bonchev–Trinajstić information content (AvgIpc) is 2.71. The van der Waals surface area contributed by atoms with E-state index in [1.54, 1.807) is 6.08 Å². The molecule has 0 amide bonds. The van der Waals surface area contributed by atoms with Crippen LogP contribution in [0, 0.1) is 16.7 Å². The van der Waals surface area contributed by atoms with Crippen molar-refractivity contribution < 1.29 is 4.79 Å². The fraction of sp³-hybridized carbons (Fsp3) is 0.250. The van der Waals surface area contributed by atoms with Crippen LogP contribution in [0.4, 0.5) is 0 Å². The lowest BCUT2D eigenvalue weighted by Crippen LogP contribution is -2.53. The lowest BCUT2D eigenvalue weighted by molar-refractivity contribution is 0.0575. The molecule has 3 rings (SSSR count). The largest absolute Gasteiger partial charge is 0.293 e. The van der Waals surface area contributed by atoms with Gasteiger partial charge in [0.2, 0.25) is 0 Å². The summed E-state index contributed by atoms with van der Waals surface area (Å²) in [6.45, 7) is 5.32. The zero-order valence-corrected chi connectivity index (χ0v) is 15.4. The highest BCUT2D eigenvalue weighted by Crippen LogP contribution is 2.40. The number of nitrogens with zero attached hydrogens (tertiary/aromatic N) is 2. The fourth-order valence-electron chi connectivity index (χ4n) is 3.97. The van der Waals surface area contributed by atoms with Crippen LogP contribution >= 0.6 is 0 Å². The normalized spacial score (nSPS) is 22.1. The fourth-order valence-corrected chi connectivity index (χ4v) is 3.97. The molecule has 0 radical (unpaired) electrons. The Morgan fingerprint density at radius 2 is 1.85 bits per heavy atom. The van der Waals surface area contributed by atoms with Gasteiger partial charge in [0.25, 0.3) is 0 Å². The Bertz CT molecular complexity index is 851. The quantitative estimate of drug-likeness (QED) is 0.529. The maximum Gasteiger partial charge on any atom is 0.174 e. The summed E-state index contributed by atoms with van der Waals surface area (Å²) < 4.78 is 0. The Morgan fingerprint density at radius 1 is 1.19 bits per heavy atom. The van der Waals surface area contributed by atoms with Crippen LogP contribution in [-0.2, 0) is 6.54 Å². The molecule has 136 valence electrons. The van der Waals surface area contributed by atoms with Crippen LogP contribution in [0.25, 0.3) is 0 Å². The van der Waals surface area contributed by atoms with Gasteiger partial charge in [0.15, 0.2) is 5.78 Å². The third kappa shape index (κ3) is 3.92. The second-order valence-corrected chi connectivity index (χ2v) is 6.92. The van der Waals surface area contributed by atoms with Crippen molar-refractivity contribution in [3.63, 3.8) is 0 Å². The van der Waals surface area contributed by atoms with Crippen LogP contribution in [0.15, 0.2) is 85.5 Å². The molecular formula is C24H24N2O. The maximum absolute atomic E-state index is 13.6. The molecule has 1 aliphatic heterocycles. The summed E-state index contributed by atoms with van der Waals surface area (Å²) in [5.41, 5.74) is 1.08. The molecule has 0 saturated heterocycles. The summed E-state index contributed by atoms with van der Waals surface area (Å²) in [5.74, 6) is 0.0530. The van der Waals surface area contributed by atoms with E-state index in [0.29, 0.717) is 24.9 Å². The van der Waals surface area contributed by atoms with Crippen molar-refractivity contribution in [1.82, 2.24) is 4.90 Å². The molecule has 3 nitrogen and oxygen atoms in total. The zero-order valence-electron chi connectivity index (χ0n) is 15.4. The SMILES string of the molecule is C=CC[C@]1(C(=O)c2ccccc2)C=CCN(Cc2ccccc2)[C@H]1CC#N. The molecule has 0 N–H and O–H groups in total. The van der Waals surface area contributed by atoms with E-state index in [9.17, 15) is 10.1 Å².